The highest BCUT2D eigenvalue weighted by Gasteiger charge is 2.64. The van der Waals surface area contributed by atoms with E-state index in [0.717, 1.165) is 24.7 Å². The Kier molecular flexibility index (Phi) is 11.7. The number of hydrogen-bond acceptors (Lipinski definition) is 10. The number of cyclic esters (lactones) is 1. The lowest BCUT2D eigenvalue weighted by Crippen LogP contribution is -2.58. The van der Waals surface area contributed by atoms with Crippen LogP contribution in [0.3, 0.4) is 0 Å². The van der Waals surface area contributed by atoms with Crippen molar-refractivity contribution in [2.24, 2.45) is 51.8 Å². The highest BCUT2D eigenvalue weighted by atomic mass is 32.2. The molecule has 0 aromatic heterocycles. The molecule has 0 radical (unpaired) electrons. The van der Waals surface area contributed by atoms with Crippen LogP contribution < -0.4 is 4.72 Å². The summed E-state index contributed by atoms with van der Waals surface area (Å²) in [6, 6.07) is -0.189. The Balaban J connectivity index is 0.000000153. The van der Waals surface area contributed by atoms with Gasteiger partial charge in [-0.05, 0) is 148 Å². The number of carbonyl (C=O) groups excluding carboxylic acids is 4. The summed E-state index contributed by atoms with van der Waals surface area (Å²) in [5.41, 5.74) is -1.53. The van der Waals surface area contributed by atoms with E-state index in [1.165, 1.54) is 32.1 Å². The molecule has 6 atom stereocenters. The molecule has 2 aliphatic heterocycles. The van der Waals surface area contributed by atoms with E-state index in [2.05, 4.69) is 18.6 Å². The van der Waals surface area contributed by atoms with E-state index in [1.807, 2.05) is 41.5 Å². The van der Waals surface area contributed by atoms with Crippen LogP contribution in [-0.2, 0) is 48.1 Å². The predicted octanol–water partition coefficient (Wildman–Crippen LogP) is 6.51. The third-order valence-corrected chi connectivity index (χ3v) is 16.3. The van der Waals surface area contributed by atoms with E-state index < -0.39 is 32.9 Å². The number of fused-ring (bicyclic) bond motifs is 1. The minimum atomic E-state index is -3.18. The summed E-state index contributed by atoms with van der Waals surface area (Å²) >= 11 is 0. The topological polar surface area (TPSA) is 151 Å². The summed E-state index contributed by atoms with van der Waals surface area (Å²) in [6.07, 6.45) is 9.90. The van der Waals surface area contributed by atoms with Crippen molar-refractivity contribution >= 4 is 33.9 Å². The Hall–Kier alpha value is -2.21. The molecule has 2 heterocycles. The molecular weight excluding hydrogens is 687 g/mol. The number of nitrogens with one attached hydrogen (secondary N) is 1. The Morgan fingerprint density at radius 2 is 1.27 bits per heavy atom. The van der Waals surface area contributed by atoms with Crippen molar-refractivity contribution in [3.05, 3.63) is 0 Å². The SMILES string of the molecule is CCC(C)(C)C(=O)OC1(C)C2CC3CC(C2)CC1C3.CCC(C)(C)C(=O)OC1C2CC3C1NS(=O)(=O)C3C2.CCC(C)(C)C(=O)OC1CCOC1=O. The van der Waals surface area contributed by atoms with Crippen molar-refractivity contribution in [3.8, 4) is 0 Å². The quantitative estimate of drug-likeness (QED) is 0.204. The van der Waals surface area contributed by atoms with Crippen molar-refractivity contribution in [1.82, 2.24) is 4.72 Å². The largest absolute Gasteiger partial charge is 0.463 e. The van der Waals surface area contributed by atoms with E-state index in [0.29, 0.717) is 44.1 Å². The number of sulfonamides is 1. The van der Waals surface area contributed by atoms with Gasteiger partial charge in [0.2, 0.25) is 16.1 Å². The summed E-state index contributed by atoms with van der Waals surface area (Å²) < 4.78 is 48.1. The fourth-order valence-corrected chi connectivity index (χ4v) is 11.5. The van der Waals surface area contributed by atoms with Gasteiger partial charge in [0.05, 0.1) is 34.1 Å². The third-order valence-electron chi connectivity index (χ3n) is 14.3. The molecular formula is C40H65NO10S. The first-order valence-corrected chi connectivity index (χ1v) is 21.5. The van der Waals surface area contributed by atoms with E-state index in [9.17, 15) is 27.6 Å². The second-order valence-electron chi connectivity index (χ2n) is 18.9. The fraction of sp³-hybridized carbons (Fsp3) is 0.900. The average Bonchev–Trinajstić information content (AvgIpc) is 3.82. The molecule has 0 aromatic carbocycles. The Labute approximate surface area is 311 Å². The molecule has 11 nitrogen and oxygen atoms in total. The third kappa shape index (κ3) is 7.94. The number of hydrogen-bond donors (Lipinski definition) is 1. The summed E-state index contributed by atoms with van der Waals surface area (Å²) in [4.78, 5) is 47.2. The van der Waals surface area contributed by atoms with Gasteiger partial charge >= 0.3 is 23.9 Å². The van der Waals surface area contributed by atoms with Gasteiger partial charge in [-0.1, -0.05) is 20.8 Å². The first kappa shape index (κ1) is 41.0. The van der Waals surface area contributed by atoms with Gasteiger partial charge in [-0.25, -0.2) is 17.9 Å². The molecule has 6 unspecified atom stereocenters. The van der Waals surface area contributed by atoms with Gasteiger partial charge in [0.1, 0.15) is 11.7 Å². The first-order chi connectivity index (χ1) is 24.1. The molecule has 0 spiro atoms. The smallest absolute Gasteiger partial charge is 0.347 e. The van der Waals surface area contributed by atoms with Gasteiger partial charge in [-0.3, -0.25) is 14.4 Å². The van der Waals surface area contributed by atoms with Crippen LogP contribution in [0.4, 0.5) is 0 Å². The molecule has 6 aliphatic carbocycles. The number of esters is 4. The maximum Gasteiger partial charge on any atom is 0.347 e. The molecule has 8 fully saturated rings. The standard InChI is InChI=1S/C17H28O2.C13H21NO4S.C10H16O4/c1-5-16(2,3)15(18)19-17(4)13-7-11-6-12(9-13)10-14(17)8-11;1-4-13(2,3)12(15)18-11-7-5-8-9(6-7)19(16,17)14-10(8)11;1-4-10(2,3)9(12)14-7-5-6-13-8(7)11/h11-14H,5-10H2,1-4H3;7-11,14H,4-6H2,1-3H3;7H,4-6H2,1-3H3. The van der Waals surface area contributed by atoms with Gasteiger partial charge in [-0.15, -0.1) is 0 Å². The van der Waals surface area contributed by atoms with Crippen molar-refractivity contribution in [3.63, 3.8) is 0 Å². The van der Waals surface area contributed by atoms with Crippen molar-refractivity contribution in [1.29, 1.82) is 0 Å². The van der Waals surface area contributed by atoms with E-state index >= 15 is 0 Å². The van der Waals surface area contributed by atoms with Crippen LogP contribution in [0, 0.1) is 51.8 Å². The van der Waals surface area contributed by atoms with Crippen molar-refractivity contribution in [2.45, 2.75) is 169 Å². The van der Waals surface area contributed by atoms with Crippen LogP contribution in [0.15, 0.2) is 0 Å². The summed E-state index contributed by atoms with van der Waals surface area (Å²) in [5, 5.41) is -0.253. The van der Waals surface area contributed by atoms with Gasteiger partial charge in [0, 0.05) is 6.42 Å². The van der Waals surface area contributed by atoms with Crippen LogP contribution in [0.1, 0.15) is 140 Å². The minimum Gasteiger partial charge on any atom is -0.463 e. The maximum absolute atomic E-state index is 12.5. The monoisotopic (exact) mass is 751 g/mol. The zero-order valence-corrected chi connectivity index (χ0v) is 34.1. The van der Waals surface area contributed by atoms with Crippen molar-refractivity contribution < 1.29 is 46.5 Å². The molecule has 296 valence electrons. The predicted molar refractivity (Wildman–Crippen MR) is 195 cm³/mol. The lowest BCUT2D eigenvalue weighted by Gasteiger charge is -2.59. The van der Waals surface area contributed by atoms with Gasteiger partial charge in [-0.2, -0.15) is 0 Å². The number of carbonyl (C=O) groups is 4. The molecule has 12 heteroatoms. The van der Waals surface area contributed by atoms with Gasteiger partial charge in [0.25, 0.3) is 0 Å². The number of rotatable bonds is 9. The normalized spacial score (nSPS) is 37.7. The molecule has 2 saturated heterocycles. The maximum atomic E-state index is 12.5. The summed E-state index contributed by atoms with van der Waals surface area (Å²) in [6.45, 7) is 19.9. The molecule has 8 aliphatic rings. The summed E-state index contributed by atoms with van der Waals surface area (Å²) in [5.74, 6) is 2.50. The zero-order valence-electron chi connectivity index (χ0n) is 33.2. The molecule has 0 amide bonds. The highest BCUT2D eigenvalue weighted by Crippen LogP contribution is 2.60. The van der Waals surface area contributed by atoms with Crippen LogP contribution in [0.2, 0.25) is 0 Å². The van der Waals surface area contributed by atoms with Gasteiger partial charge in [0.15, 0.2) is 0 Å². The van der Waals surface area contributed by atoms with Crippen LogP contribution in [-0.4, -0.2) is 68.0 Å². The Morgan fingerprint density at radius 3 is 1.75 bits per heavy atom. The molecule has 52 heavy (non-hydrogen) atoms. The van der Waals surface area contributed by atoms with Crippen LogP contribution in [0.5, 0.6) is 0 Å². The van der Waals surface area contributed by atoms with E-state index in [1.54, 1.807) is 13.8 Å². The fourth-order valence-electron chi connectivity index (χ4n) is 9.43. The highest BCUT2D eigenvalue weighted by molar-refractivity contribution is 7.90. The molecule has 6 saturated carbocycles. The second-order valence-corrected chi connectivity index (χ2v) is 20.9. The van der Waals surface area contributed by atoms with Crippen molar-refractivity contribution in [2.75, 3.05) is 6.61 Å². The molecule has 6 bridgehead atoms. The lowest BCUT2D eigenvalue weighted by molar-refractivity contribution is -0.211. The van der Waals surface area contributed by atoms with Gasteiger partial charge < -0.3 is 18.9 Å². The van der Waals surface area contributed by atoms with E-state index in [-0.39, 0.29) is 58.2 Å². The van der Waals surface area contributed by atoms with E-state index in [4.69, 9.17) is 18.9 Å². The first-order valence-electron chi connectivity index (χ1n) is 19.9. The minimum absolute atomic E-state index is 0.0185. The summed E-state index contributed by atoms with van der Waals surface area (Å²) in [7, 11) is -3.18. The zero-order chi connectivity index (χ0) is 38.6. The molecule has 8 rings (SSSR count). The average molecular weight is 752 g/mol. The van der Waals surface area contributed by atoms with Crippen LogP contribution in [0.25, 0.3) is 0 Å². The molecule has 0 aromatic rings. The van der Waals surface area contributed by atoms with Crippen LogP contribution >= 0.6 is 0 Å². The molecule has 1 N–H and O–H groups in total. The number of ether oxygens (including phenoxy) is 4. The second kappa shape index (κ2) is 14.8. The Morgan fingerprint density at radius 1 is 0.769 bits per heavy atom. The Bertz CT molecular complexity index is 1460. The lowest BCUT2D eigenvalue weighted by atomic mass is 9.50.